The molecule has 1 N–H and O–H groups in total. The van der Waals surface area contributed by atoms with E-state index < -0.39 is 0 Å². The van der Waals surface area contributed by atoms with Crippen LogP contribution in [0.2, 0.25) is 0 Å². The summed E-state index contributed by atoms with van der Waals surface area (Å²) in [5.74, 6) is 0.518. The summed E-state index contributed by atoms with van der Waals surface area (Å²) in [5.41, 5.74) is 2.18. The van der Waals surface area contributed by atoms with Gasteiger partial charge in [-0.25, -0.2) is 0 Å². The molecule has 0 aliphatic carbocycles. The van der Waals surface area contributed by atoms with Crippen LogP contribution in [0.25, 0.3) is 0 Å². The lowest BCUT2D eigenvalue weighted by atomic mass is 9.98. The molecule has 0 bridgehead atoms. The van der Waals surface area contributed by atoms with Crippen LogP contribution in [-0.2, 0) is 0 Å². The minimum Gasteiger partial charge on any atom is -0.388 e. The van der Waals surface area contributed by atoms with Crippen molar-refractivity contribution in [1.29, 1.82) is 0 Å². The van der Waals surface area contributed by atoms with Gasteiger partial charge in [0.15, 0.2) is 0 Å². The van der Waals surface area contributed by atoms with Crippen molar-refractivity contribution in [2.24, 2.45) is 5.92 Å². The van der Waals surface area contributed by atoms with Gasteiger partial charge in [0.05, 0.1) is 6.10 Å². The number of rotatable bonds is 3. The van der Waals surface area contributed by atoms with Gasteiger partial charge in [0, 0.05) is 4.47 Å². The van der Waals surface area contributed by atoms with E-state index in [4.69, 9.17) is 0 Å². The van der Waals surface area contributed by atoms with E-state index in [1.807, 2.05) is 25.1 Å². The predicted molar refractivity (Wildman–Crippen MR) is 63.3 cm³/mol. The molecule has 0 aliphatic rings. The van der Waals surface area contributed by atoms with Gasteiger partial charge in [-0.2, -0.15) is 0 Å². The first-order chi connectivity index (χ1) is 6.49. The summed E-state index contributed by atoms with van der Waals surface area (Å²) < 4.78 is 1.04. The Labute approximate surface area is 94.3 Å². The normalized spacial score (nSPS) is 13.3. The molecule has 1 rings (SSSR count). The second kappa shape index (κ2) is 4.94. The van der Waals surface area contributed by atoms with Gasteiger partial charge in [-0.1, -0.05) is 35.8 Å². The lowest BCUT2D eigenvalue weighted by molar-refractivity contribution is 0.151. The van der Waals surface area contributed by atoms with E-state index >= 15 is 0 Å². The lowest BCUT2D eigenvalue weighted by Crippen LogP contribution is -2.02. The molecule has 0 saturated carbocycles. The largest absolute Gasteiger partial charge is 0.388 e. The minimum atomic E-state index is -0.341. The molecule has 1 atom stereocenters. The molecule has 0 amide bonds. The molecule has 0 aromatic heterocycles. The summed E-state index contributed by atoms with van der Waals surface area (Å²) in [4.78, 5) is 0. The average Bonchev–Trinajstić information content (AvgIpc) is 2.00. The Kier molecular flexibility index (Phi) is 4.14. The maximum Gasteiger partial charge on any atom is 0.0793 e. The van der Waals surface area contributed by atoms with Gasteiger partial charge in [0.1, 0.15) is 0 Å². The Morgan fingerprint density at radius 2 is 1.93 bits per heavy atom. The van der Waals surface area contributed by atoms with Crippen LogP contribution in [0.15, 0.2) is 22.7 Å². The van der Waals surface area contributed by atoms with E-state index in [1.165, 1.54) is 5.56 Å². The maximum atomic E-state index is 9.92. The topological polar surface area (TPSA) is 20.2 Å². The average molecular weight is 257 g/mol. The van der Waals surface area contributed by atoms with Crippen LogP contribution in [0.1, 0.15) is 37.5 Å². The molecule has 14 heavy (non-hydrogen) atoms. The first-order valence-electron chi connectivity index (χ1n) is 4.94. The molecule has 1 aromatic carbocycles. The third-order valence-electron chi connectivity index (χ3n) is 2.14. The molecule has 0 radical (unpaired) electrons. The fourth-order valence-electron chi connectivity index (χ4n) is 1.54. The van der Waals surface area contributed by atoms with Crippen molar-refractivity contribution in [3.05, 3.63) is 33.8 Å². The highest BCUT2D eigenvalue weighted by atomic mass is 79.9. The van der Waals surface area contributed by atoms with Gasteiger partial charge >= 0.3 is 0 Å². The molecule has 78 valence electrons. The number of halogens is 1. The van der Waals surface area contributed by atoms with Crippen molar-refractivity contribution in [2.75, 3.05) is 0 Å². The molecule has 1 aromatic rings. The van der Waals surface area contributed by atoms with E-state index in [2.05, 4.69) is 29.8 Å². The van der Waals surface area contributed by atoms with Crippen LogP contribution in [0, 0.1) is 12.8 Å². The van der Waals surface area contributed by atoms with Crippen LogP contribution >= 0.6 is 15.9 Å². The van der Waals surface area contributed by atoms with Gasteiger partial charge in [0.25, 0.3) is 0 Å². The maximum absolute atomic E-state index is 9.92. The smallest absolute Gasteiger partial charge is 0.0793 e. The lowest BCUT2D eigenvalue weighted by Gasteiger charge is -2.14. The SMILES string of the molecule is Cc1cc(Br)cc(C(O)CC(C)C)c1. The van der Waals surface area contributed by atoms with Crippen LogP contribution in [0.3, 0.4) is 0 Å². The standard InChI is InChI=1S/C12H17BrO/c1-8(2)4-12(14)10-5-9(3)6-11(13)7-10/h5-8,12,14H,4H2,1-3H3. The number of aliphatic hydroxyl groups excluding tert-OH is 1. The molecular formula is C12H17BrO. The number of hydrogen-bond acceptors (Lipinski definition) is 1. The summed E-state index contributed by atoms with van der Waals surface area (Å²) in [7, 11) is 0. The van der Waals surface area contributed by atoms with Crippen molar-refractivity contribution < 1.29 is 5.11 Å². The molecule has 0 aliphatic heterocycles. The molecular weight excluding hydrogens is 240 g/mol. The first-order valence-corrected chi connectivity index (χ1v) is 5.73. The van der Waals surface area contributed by atoms with E-state index in [1.54, 1.807) is 0 Å². The second-order valence-corrected chi connectivity index (χ2v) is 5.12. The van der Waals surface area contributed by atoms with Crippen LogP contribution in [0.4, 0.5) is 0 Å². The van der Waals surface area contributed by atoms with E-state index in [0.717, 1.165) is 16.5 Å². The molecule has 0 spiro atoms. The van der Waals surface area contributed by atoms with Gasteiger partial charge < -0.3 is 5.11 Å². The Hall–Kier alpha value is -0.340. The van der Waals surface area contributed by atoms with Crippen molar-refractivity contribution in [1.82, 2.24) is 0 Å². The zero-order chi connectivity index (χ0) is 10.7. The molecule has 0 saturated heterocycles. The molecule has 0 heterocycles. The quantitative estimate of drug-likeness (QED) is 0.872. The third kappa shape index (κ3) is 3.43. The van der Waals surface area contributed by atoms with Crippen molar-refractivity contribution in [3.8, 4) is 0 Å². The van der Waals surface area contributed by atoms with Gasteiger partial charge in [0.2, 0.25) is 0 Å². The fraction of sp³-hybridized carbons (Fsp3) is 0.500. The van der Waals surface area contributed by atoms with Gasteiger partial charge in [-0.15, -0.1) is 0 Å². The molecule has 1 unspecified atom stereocenters. The summed E-state index contributed by atoms with van der Waals surface area (Å²) in [6.07, 6.45) is 0.474. The van der Waals surface area contributed by atoms with Gasteiger partial charge in [-0.3, -0.25) is 0 Å². The Morgan fingerprint density at radius 3 is 2.43 bits per heavy atom. The van der Waals surface area contributed by atoms with E-state index in [0.29, 0.717) is 5.92 Å². The number of aryl methyl sites for hydroxylation is 1. The summed E-state index contributed by atoms with van der Waals surface area (Å²) >= 11 is 3.44. The van der Waals surface area contributed by atoms with Crippen LogP contribution in [-0.4, -0.2) is 5.11 Å². The minimum absolute atomic E-state index is 0.341. The predicted octanol–water partition coefficient (Wildman–Crippen LogP) is 3.84. The number of hydrogen-bond donors (Lipinski definition) is 1. The second-order valence-electron chi connectivity index (χ2n) is 4.21. The van der Waals surface area contributed by atoms with Crippen molar-refractivity contribution in [2.45, 2.75) is 33.3 Å². The summed E-state index contributed by atoms with van der Waals surface area (Å²) in [5, 5.41) is 9.92. The first kappa shape index (κ1) is 11.7. The van der Waals surface area contributed by atoms with E-state index in [9.17, 15) is 5.11 Å². The highest BCUT2D eigenvalue weighted by molar-refractivity contribution is 9.10. The van der Waals surface area contributed by atoms with Gasteiger partial charge in [-0.05, 0) is 42.5 Å². The molecule has 0 fully saturated rings. The molecule has 1 nitrogen and oxygen atoms in total. The number of benzene rings is 1. The highest BCUT2D eigenvalue weighted by Crippen LogP contribution is 2.25. The monoisotopic (exact) mass is 256 g/mol. The van der Waals surface area contributed by atoms with E-state index in [-0.39, 0.29) is 6.10 Å². The zero-order valence-corrected chi connectivity index (χ0v) is 10.5. The Bertz CT molecular complexity index is 287. The van der Waals surface area contributed by atoms with Crippen molar-refractivity contribution in [3.63, 3.8) is 0 Å². The number of aliphatic hydroxyl groups is 1. The molecule has 2 heteroatoms. The Balaban J connectivity index is 2.84. The summed E-state index contributed by atoms with van der Waals surface area (Å²) in [6.45, 7) is 6.28. The Morgan fingerprint density at radius 1 is 1.29 bits per heavy atom. The van der Waals surface area contributed by atoms with Crippen LogP contribution < -0.4 is 0 Å². The fourth-order valence-corrected chi connectivity index (χ4v) is 2.17. The highest BCUT2D eigenvalue weighted by Gasteiger charge is 2.10. The third-order valence-corrected chi connectivity index (χ3v) is 2.60. The zero-order valence-electron chi connectivity index (χ0n) is 8.92. The summed E-state index contributed by atoms with van der Waals surface area (Å²) in [6, 6.07) is 6.07. The van der Waals surface area contributed by atoms with Crippen LogP contribution in [0.5, 0.6) is 0 Å². The van der Waals surface area contributed by atoms with Crippen molar-refractivity contribution >= 4 is 15.9 Å².